The average Bonchev–Trinajstić information content (AvgIpc) is 2.35. The number of rotatable bonds is 3. The van der Waals surface area contributed by atoms with E-state index in [0.29, 0.717) is 17.8 Å². The predicted molar refractivity (Wildman–Crippen MR) is 68.5 cm³/mol. The summed E-state index contributed by atoms with van der Waals surface area (Å²) in [5.74, 6) is -1.09. The van der Waals surface area contributed by atoms with Crippen LogP contribution in [-0.4, -0.2) is 10.2 Å². The highest BCUT2D eigenvalue weighted by molar-refractivity contribution is 6.32. The molecule has 0 heterocycles. The van der Waals surface area contributed by atoms with Crippen molar-refractivity contribution >= 4 is 17.3 Å². The second-order valence-electron chi connectivity index (χ2n) is 3.77. The van der Waals surface area contributed by atoms with E-state index < -0.39 is 11.6 Å². The number of hydrogen-bond acceptors (Lipinski definition) is 3. The third-order valence-corrected chi connectivity index (χ3v) is 2.81. The van der Waals surface area contributed by atoms with E-state index in [0.717, 1.165) is 0 Å². The number of benzene rings is 2. The van der Waals surface area contributed by atoms with Gasteiger partial charge in [-0.05, 0) is 18.2 Å². The lowest BCUT2D eigenvalue weighted by molar-refractivity contribution is 0.432. The van der Waals surface area contributed by atoms with Crippen molar-refractivity contribution in [1.29, 1.82) is 0 Å². The fourth-order valence-electron chi connectivity index (χ4n) is 1.52. The van der Waals surface area contributed by atoms with Crippen LogP contribution in [0.4, 0.5) is 10.1 Å². The van der Waals surface area contributed by atoms with Gasteiger partial charge in [-0.2, -0.15) is 0 Å². The van der Waals surface area contributed by atoms with Gasteiger partial charge in [0, 0.05) is 23.9 Å². The Bertz CT molecular complexity index is 575. The van der Waals surface area contributed by atoms with Gasteiger partial charge in [0.25, 0.3) is 0 Å². The molecule has 5 heteroatoms. The summed E-state index contributed by atoms with van der Waals surface area (Å²) in [5, 5.41) is 21.9. The van der Waals surface area contributed by atoms with Gasteiger partial charge < -0.3 is 15.5 Å². The minimum atomic E-state index is -0.699. The van der Waals surface area contributed by atoms with Gasteiger partial charge in [0.05, 0.1) is 5.02 Å². The van der Waals surface area contributed by atoms with Gasteiger partial charge in [0.1, 0.15) is 5.75 Å². The first kappa shape index (κ1) is 12.5. The molecule has 2 aromatic carbocycles. The van der Waals surface area contributed by atoms with E-state index in [9.17, 15) is 9.50 Å². The van der Waals surface area contributed by atoms with Gasteiger partial charge >= 0.3 is 0 Å². The highest BCUT2D eigenvalue weighted by Crippen LogP contribution is 2.28. The van der Waals surface area contributed by atoms with Crippen molar-refractivity contribution in [3.05, 3.63) is 52.8 Å². The number of para-hydroxylation sites is 1. The van der Waals surface area contributed by atoms with Crippen LogP contribution in [0, 0.1) is 5.82 Å². The van der Waals surface area contributed by atoms with Crippen LogP contribution in [0.15, 0.2) is 36.4 Å². The highest BCUT2D eigenvalue weighted by Gasteiger charge is 2.06. The Labute approximate surface area is 108 Å². The maximum absolute atomic E-state index is 13.1. The Morgan fingerprint density at radius 1 is 1.17 bits per heavy atom. The molecule has 0 fully saturated rings. The number of anilines is 1. The third kappa shape index (κ3) is 2.65. The van der Waals surface area contributed by atoms with Crippen LogP contribution < -0.4 is 5.32 Å². The maximum atomic E-state index is 13.1. The van der Waals surface area contributed by atoms with Crippen LogP contribution in [0.3, 0.4) is 0 Å². The number of phenols is 2. The molecule has 0 atom stereocenters. The van der Waals surface area contributed by atoms with Crippen LogP contribution in [0.25, 0.3) is 0 Å². The van der Waals surface area contributed by atoms with Crippen LogP contribution in [0.5, 0.6) is 11.5 Å². The molecule has 3 nitrogen and oxygen atoms in total. The van der Waals surface area contributed by atoms with Crippen molar-refractivity contribution in [3.63, 3.8) is 0 Å². The van der Waals surface area contributed by atoms with Crippen LogP contribution >= 0.6 is 11.6 Å². The Balaban J connectivity index is 2.11. The first-order chi connectivity index (χ1) is 8.58. The molecule has 0 saturated heterocycles. The van der Waals surface area contributed by atoms with Crippen molar-refractivity contribution < 1.29 is 14.6 Å². The van der Waals surface area contributed by atoms with Gasteiger partial charge in [-0.15, -0.1) is 0 Å². The third-order valence-electron chi connectivity index (χ3n) is 2.50. The van der Waals surface area contributed by atoms with Crippen LogP contribution in [0.2, 0.25) is 5.02 Å². The second kappa shape index (κ2) is 5.14. The summed E-state index contributed by atoms with van der Waals surface area (Å²) >= 11 is 5.77. The van der Waals surface area contributed by atoms with Crippen molar-refractivity contribution in [2.45, 2.75) is 6.54 Å². The quantitative estimate of drug-likeness (QED) is 0.746. The lowest BCUT2D eigenvalue weighted by Gasteiger charge is -2.09. The first-order valence-corrected chi connectivity index (χ1v) is 5.64. The Morgan fingerprint density at radius 2 is 1.94 bits per heavy atom. The summed E-state index contributed by atoms with van der Waals surface area (Å²) in [6.45, 7) is 0.302. The minimum absolute atomic E-state index is 0.00548. The van der Waals surface area contributed by atoms with Crippen molar-refractivity contribution in [2.24, 2.45) is 0 Å². The molecule has 0 bridgehead atoms. The van der Waals surface area contributed by atoms with Gasteiger partial charge in [-0.1, -0.05) is 23.7 Å². The SMILES string of the molecule is Oc1ccc(NCc2cccc(Cl)c2O)cc1F. The fourth-order valence-corrected chi connectivity index (χ4v) is 1.71. The Kier molecular flexibility index (Phi) is 3.58. The number of phenolic OH excluding ortho intramolecular Hbond substituents is 2. The predicted octanol–water partition coefficient (Wildman–Crippen LogP) is 3.50. The molecule has 0 radical (unpaired) electrons. The molecule has 3 N–H and O–H groups in total. The molecule has 0 aliphatic carbocycles. The van der Waals surface area contributed by atoms with Crippen molar-refractivity contribution in [2.75, 3.05) is 5.32 Å². The molecular formula is C13H11ClFNO2. The van der Waals surface area contributed by atoms with E-state index in [2.05, 4.69) is 5.32 Å². The minimum Gasteiger partial charge on any atom is -0.506 e. The van der Waals surface area contributed by atoms with Gasteiger partial charge in [0.15, 0.2) is 11.6 Å². The number of hydrogen-bond donors (Lipinski definition) is 3. The summed E-state index contributed by atoms with van der Waals surface area (Å²) in [7, 11) is 0. The normalized spacial score (nSPS) is 10.3. The summed E-state index contributed by atoms with van der Waals surface area (Å²) in [6.07, 6.45) is 0. The zero-order chi connectivity index (χ0) is 13.1. The molecule has 2 aromatic rings. The highest BCUT2D eigenvalue weighted by atomic mass is 35.5. The van der Waals surface area contributed by atoms with Gasteiger partial charge in [0.2, 0.25) is 0 Å². The molecule has 2 rings (SSSR count). The zero-order valence-corrected chi connectivity index (χ0v) is 10.1. The molecule has 0 amide bonds. The van der Waals surface area contributed by atoms with Gasteiger partial charge in [-0.25, -0.2) is 4.39 Å². The number of halogens is 2. The number of nitrogens with one attached hydrogen (secondary N) is 1. The van der Waals surface area contributed by atoms with E-state index in [4.69, 9.17) is 16.7 Å². The molecule has 0 unspecified atom stereocenters. The summed E-state index contributed by atoms with van der Waals surface area (Å²) < 4.78 is 13.1. The van der Waals surface area contributed by atoms with Crippen LogP contribution in [-0.2, 0) is 6.54 Å². The van der Waals surface area contributed by atoms with E-state index in [1.165, 1.54) is 12.1 Å². The first-order valence-electron chi connectivity index (χ1n) is 5.26. The smallest absolute Gasteiger partial charge is 0.166 e. The van der Waals surface area contributed by atoms with E-state index in [1.54, 1.807) is 24.3 Å². The molecule has 0 spiro atoms. The van der Waals surface area contributed by atoms with Crippen molar-refractivity contribution in [3.8, 4) is 11.5 Å². The summed E-state index contributed by atoms with van der Waals surface area (Å²) in [6, 6.07) is 8.99. The average molecular weight is 268 g/mol. The molecule has 94 valence electrons. The van der Waals surface area contributed by atoms with Crippen molar-refractivity contribution in [1.82, 2.24) is 0 Å². The maximum Gasteiger partial charge on any atom is 0.166 e. The molecule has 0 aliphatic heterocycles. The largest absolute Gasteiger partial charge is 0.506 e. The van der Waals surface area contributed by atoms with Gasteiger partial charge in [-0.3, -0.25) is 0 Å². The van der Waals surface area contributed by atoms with E-state index in [1.807, 2.05) is 0 Å². The topological polar surface area (TPSA) is 52.5 Å². The number of aromatic hydroxyl groups is 2. The second-order valence-corrected chi connectivity index (χ2v) is 4.17. The molecular weight excluding hydrogens is 257 g/mol. The fraction of sp³-hybridized carbons (Fsp3) is 0.0769. The lowest BCUT2D eigenvalue weighted by Crippen LogP contribution is -2.00. The van der Waals surface area contributed by atoms with E-state index >= 15 is 0 Å². The Hall–Kier alpha value is -1.94. The summed E-state index contributed by atoms with van der Waals surface area (Å²) in [4.78, 5) is 0. The zero-order valence-electron chi connectivity index (χ0n) is 9.32. The molecule has 0 saturated carbocycles. The Morgan fingerprint density at radius 3 is 2.67 bits per heavy atom. The molecule has 0 aromatic heterocycles. The standard InChI is InChI=1S/C13H11ClFNO2/c14-10-3-1-2-8(13(10)18)7-16-9-4-5-12(17)11(15)6-9/h1-6,16-18H,7H2. The van der Waals surface area contributed by atoms with Crippen LogP contribution in [0.1, 0.15) is 5.56 Å². The van der Waals surface area contributed by atoms with E-state index in [-0.39, 0.29) is 10.8 Å². The lowest BCUT2D eigenvalue weighted by atomic mass is 10.2. The molecule has 18 heavy (non-hydrogen) atoms. The molecule has 0 aliphatic rings. The monoisotopic (exact) mass is 267 g/mol. The summed E-state index contributed by atoms with van der Waals surface area (Å²) in [5.41, 5.74) is 1.11.